The first-order chi connectivity index (χ1) is 9.85. The van der Waals surface area contributed by atoms with E-state index in [2.05, 4.69) is 4.72 Å². The molecule has 1 aliphatic rings. The van der Waals surface area contributed by atoms with Crippen molar-refractivity contribution in [3.05, 3.63) is 15.8 Å². The highest BCUT2D eigenvalue weighted by molar-refractivity contribution is 7.89. The largest absolute Gasteiger partial charge is 0.477 e. The number of carboxylic acids is 1. The van der Waals surface area contributed by atoms with Gasteiger partial charge in [0.25, 0.3) is 0 Å². The van der Waals surface area contributed by atoms with Gasteiger partial charge in [0.15, 0.2) is 0 Å². The molecule has 0 amide bonds. The average Bonchev–Trinajstić information content (AvgIpc) is 2.82. The van der Waals surface area contributed by atoms with Crippen LogP contribution in [-0.2, 0) is 10.0 Å². The molecule has 0 radical (unpaired) electrons. The first-order valence-electron chi connectivity index (χ1n) is 6.82. The number of aliphatic hydroxyl groups is 1. The van der Waals surface area contributed by atoms with E-state index >= 15 is 0 Å². The van der Waals surface area contributed by atoms with Gasteiger partial charge in [-0.25, -0.2) is 17.9 Å². The minimum atomic E-state index is -3.76. The van der Waals surface area contributed by atoms with E-state index in [4.69, 9.17) is 5.11 Å². The lowest BCUT2D eigenvalue weighted by Gasteiger charge is -2.30. The molecule has 1 fully saturated rings. The van der Waals surface area contributed by atoms with Crippen LogP contribution >= 0.6 is 11.3 Å². The molecule has 1 saturated carbocycles. The van der Waals surface area contributed by atoms with Gasteiger partial charge >= 0.3 is 5.97 Å². The maximum absolute atomic E-state index is 12.4. The van der Waals surface area contributed by atoms with Crippen molar-refractivity contribution in [2.24, 2.45) is 5.92 Å². The highest BCUT2D eigenvalue weighted by Crippen LogP contribution is 2.29. The van der Waals surface area contributed by atoms with Gasteiger partial charge in [-0.05, 0) is 31.7 Å². The fraction of sp³-hybridized carbons (Fsp3) is 0.615. The second-order valence-corrected chi connectivity index (χ2v) is 8.23. The molecule has 118 valence electrons. The first-order valence-corrected chi connectivity index (χ1v) is 9.12. The summed E-state index contributed by atoms with van der Waals surface area (Å²) in [5.74, 6) is -1.21. The van der Waals surface area contributed by atoms with Crippen molar-refractivity contribution in [1.82, 2.24) is 4.72 Å². The third kappa shape index (κ3) is 3.63. The number of aliphatic hydroxyl groups excluding tert-OH is 1. The fourth-order valence-electron chi connectivity index (χ4n) is 2.68. The molecular formula is C13H19NO5S2. The molecule has 0 aliphatic heterocycles. The molecule has 1 aromatic rings. The van der Waals surface area contributed by atoms with E-state index in [9.17, 15) is 18.3 Å². The molecule has 0 spiro atoms. The number of hydrogen-bond acceptors (Lipinski definition) is 5. The molecule has 1 aliphatic carbocycles. The van der Waals surface area contributed by atoms with Gasteiger partial charge in [-0.3, -0.25) is 0 Å². The molecule has 8 heteroatoms. The monoisotopic (exact) mass is 333 g/mol. The molecule has 0 bridgehead atoms. The lowest BCUT2D eigenvalue weighted by atomic mass is 9.86. The normalized spacial score (nSPS) is 23.1. The standard InChI is InChI=1S/C13H19NO5S2/c1-8-12(6-11(20-8)13(16)17)21(18,19)14-10-5-3-2-4-9(10)7-15/h6,9-10,14-15H,2-5,7H2,1H3,(H,16,17). The third-order valence-electron chi connectivity index (χ3n) is 3.82. The van der Waals surface area contributed by atoms with E-state index in [0.717, 1.165) is 30.6 Å². The van der Waals surface area contributed by atoms with Gasteiger partial charge < -0.3 is 10.2 Å². The third-order valence-corrected chi connectivity index (χ3v) is 6.61. The van der Waals surface area contributed by atoms with Gasteiger partial charge in [-0.2, -0.15) is 0 Å². The summed E-state index contributed by atoms with van der Waals surface area (Å²) in [6.45, 7) is 1.55. The number of sulfonamides is 1. The smallest absolute Gasteiger partial charge is 0.345 e. The first kappa shape index (κ1) is 16.4. The summed E-state index contributed by atoms with van der Waals surface area (Å²) in [6, 6.07) is 0.905. The van der Waals surface area contributed by atoms with Crippen LogP contribution in [0.2, 0.25) is 0 Å². The van der Waals surface area contributed by atoms with Gasteiger partial charge in [-0.15, -0.1) is 11.3 Å². The molecule has 2 rings (SSSR count). The predicted octanol–water partition coefficient (Wildman–Crippen LogP) is 1.58. The van der Waals surface area contributed by atoms with Gasteiger partial charge in [0.05, 0.1) is 4.90 Å². The summed E-state index contributed by atoms with van der Waals surface area (Å²) in [6.07, 6.45) is 3.41. The van der Waals surface area contributed by atoms with Crippen molar-refractivity contribution in [2.75, 3.05) is 6.61 Å². The lowest BCUT2D eigenvalue weighted by molar-refractivity contribution is 0.0702. The number of aromatic carboxylic acids is 1. The number of carbonyl (C=O) groups is 1. The number of hydrogen-bond donors (Lipinski definition) is 3. The molecular weight excluding hydrogens is 314 g/mol. The molecule has 1 heterocycles. The molecule has 6 nitrogen and oxygen atoms in total. The summed E-state index contributed by atoms with van der Waals surface area (Å²) in [7, 11) is -3.76. The molecule has 0 aromatic carbocycles. The van der Waals surface area contributed by atoms with Crippen molar-refractivity contribution in [3.8, 4) is 0 Å². The Hall–Kier alpha value is -0.960. The summed E-state index contributed by atoms with van der Waals surface area (Å²) < 4.78 is 27.5. The quantitative estimate of drug-likeness (QED) is 0.759. The Morgan fingerprint density at radius 3 is 2.67 bits per heavy atom. The molecule has 1 aromatic heterocycles. The molecule has 21 heavy (non-hydrogen) atoms. The van der Waals surface area contributed by atoms with Crippen molar-refractivity contribution in [2.45, 2.75) is 43.5 Å². The predicted molar refractivity (Wildman–Crippen MR) is 79.2 cm³/mol. The van der Waals surface area contributed by atoms with Crippen LogP contribution in [0.1, 0.15) is 40.2 Å². The van der Waals surface area contributed by atoms with Crippen LogP contribution in [0.4, 0.5) is 0 Å². The van der Waals surface area contributed by atoms with Crippen LogP contribution in [0.3, 0.4) is 0 Å². The Morgan fingerprint density at radius 1 is 1.43 bits per heavy atom. The van der Waals surface area contributed by atoms with Crippen LogP contribution in [-0.4, -0.2) is 37.2 Å². The van der Waals surface area contributed by atoms with E-state index in [1.807, 2.05) is 0 Å². The number of rotatable bonds is 5. The second kappa shape index (κ2) is 6.43. The van der Waals surface area contributed by atoms with E-state index in [-0.39, 0.29) is 28.3 Å². The van der Waals surface area contributed by atoms with Gasteiger partial charge in [0.2, 0.25) is 10.0 Å². The van der Waals surface area contributed by atoms with Crippen LogP contribution in [0.25, 0.3) is 0 Å². The molecule has 3 N–H and O–H groups in total. The fourth-order valence-corrected chi connectivity index (χ4v) is 5.45. The van der Waals surface area contributed by atoms with Crippen molar-refractivity contribution >= 4 is 27.3 Å². The topological polar surface area (TPSA) is 104 Å². The average molecular weight is 333 g/mol. The maximum Gasteiger partial charge on any atom is 0.345 e. The van der Waals surface area contributed by atoms with E-state index in [1.165, 1.54) is 6.07 Å². The van der Waals surface area contributed by atoms with Crippen molar-refractivity contribution in [1.29, 1.82) is 0 Å². The Labute approximate surface area is 127 Å². The van der Waals surface area contributed by atoms with Crippen molar-refractivity contribution < 1.29 is 23.4 Å². The minimum absolute atomic E-state index is 0.00947. The van der Waals surface area contributed by atoms with Crippen LogP contribution < -0.4 is 4.72 Å². The van der Waals surface area contributed by atoms with Gasteiger partial charge in [0.1, 0.15) is 4.88 Å². The summed E-state index contributed by atoms with van der Waals surface area (Å²) in [5.41, 5.74) is 0. The summed E-state index contributed by atoms with van der Waals surface area (Å²) >= 11 is 0.950. The Bertz CT molecular complexity index is 623. The second-order valence-electron chi connectivity index (χ2n) is 5.29. The zero-order valence-electron chi connectivity index (χ0n) is 11.7. The number of thiophene rings is 1. The van der Waals surface area contributed by atoms with E-state index in [0.29, 0.717) is 11.3 Å². The highest BCUT2D eigenvalue weighted by Gasteiger charge is 2.30. The number of nitrogens with one attached hydrogen (secondary N) is 1. The Kier molecular flexibility index (Phi) is 5.03. The number of aryl methyl sites for hydroxylation is 1. The SMILES string of the molecule is Cc1sc(C(=O)O)cc1S(=O)(=O)NC1CCCCC1CO. The Balaban J connectivity index is 2.23. The van der Waals surface area contributed by atoms with Gasteiger partial charge in [-0.1, -0.05) is 12.8 Å². The molecule has 2 unspecified atom stereocenters. The van der Waals surface area contributed by atoms with Gasteiger partial charge in [0, 0.05) is 17.5 Å². The van der Waals surface area contributed by atoms with Crippen LogP contribution in [0, 0.1) is 12.8 Å². The van der Waals surface area contributed by atoms with Crippen molar-refractivity contribution in [3.63, 3.8) is 0 Å². The minimum Gasteiger partial charge on any atom is -0.477 e. The van der Waals surface area contributed by atoms with Crippen LogP contribution in [0.15, 0.2) is 11.0 Å². The zero-order valence-corrected chi connectivity index (χ0v) is 13.3. The number of carboxylic acid groups (broad SMARTS) is 1. The zero-order chi connectivity index (χ0) is 15.6. The summed E-state index contributed by atoms with van der Waals surface area (Å²) in [4.78, 5) is 11.4. The molecule has 0 saturated heterocycles. The lowest BCUT2D eigenvalue weighted by Crippen LogP contribution is -2.43. The van der Waals surface area contributed by atoms with Crippen LogP contribution in [0.5, 0.6) is 0 Å². The van der Waals surface area contributed by atoms with E-state index < -0.39 is 16.0 Å². The maximum atomic E-state index is 12.4. The summed E-state index contributed by atoms with van der Waals surface area (Å²) in [5, 5.41) is 18.3. The molecule has 2 atom stereocenters. The van der Waals surface area contributed by atoms with E-state index in [1.54, 1.807) is 6.92 Å². The Morgan fingerprint density at radius 2 is 2.10 bits per heavy atom. The highest BCUT2D eigenvalue weighted by atomic mass is 32.2.